The Hall–Kier alpha value is -2.85. The minimum atomic E-state index is -0.369. The van der Waals surface area contributed by atoms with E-state index in [4.69, 9.17) is 19.9 Å². The van der Waals surface area contributed by atoms with Gasteiger partial charge in [0.1, 0.15) is 17.4 Å². The molecule has 0 spiro atoms. The molecule has 1 heterocycles. The van der Waals surface area contributed by atoms with Crippen molar-refractivity contribution in [2.24, 2.45) is 5.73 Å². The summed E-state index contributed by atoms with van der Waals surface area (Å²) in [6, 6.07) is 11.8. The van der Waals surface area contributed by atoms with E-state index in [1.807, 2.05) is 49.3 Å². The van der Waals surface area contributed by atoms with E-state index in [9.17, 15) is 5.26 Å². The molecule has 0 unspecified atom stereocenters. The number of nitrogens with zero attached hydrogens (tertiary/aromatic N) is 2. The van der Waals surface area contributed by atoms with Crippen LogP contribution in [0.15, 0.2) is 46.3 Å². The van der Waals surface area contributed by atoms with Gasteiger partial charge in [0.25, 0.3) is 0 Å². The van der Waals surface area contributed by atoms with E-state index in [2.05, 4.69) is 22.0 Å². The molecule has 0 fully saturated rings. The van der Waals surface area contributed by atoms with Crippen LogP contribution in [0.2, 0.25) is 0 Å². The van der Waals surface area contributed by atoms with Gasteiger partial charge in [-0.2, -0.15) is 5.26 Å². The summed E-state index contributed by atoms with van der Waals surface area (Å²) in [6.07, 6.45) is 0. The van der Waals surface area contributed by atoms with E-state index in [1.54, 1.807) is 14.2 Å². The maximum atomic E-state index is 9.71. The Morgan fingerprint density at radius 3 is 2.52 bits per heavy atom. The van der Waals surface area contributed by atoms with E-state index in [1.165, 1.54) is 0 Å². The minimum absolute atomic E-state index is 0.108. The molecule has 1 aliphatic heterocycles. The standard InChI is InChI=1S/C20H20BrN3O3/c1-24(2)12-5-6-13-16(9-12)27-20(23)14(10-22)18(13)11-7-15(21)19(26-4)17(8-11)25-3/h5-9,18H,23H2,1-4H3/t18-/m1/s1. The van der Waals surface area contributed by atoms with Crippen molar-refractivity contribution in [3.05, 3.63) is 57.4 Å². The zero-order chi connectivity index (χ0) is 19.7. The zero-order valence-electron chi connectivity index (χ0n) is 15.5. The van der Waals surface area contributed by atoms with Gasteiger partial charge < -0.3 is 24.8 Å². The Balaban J connectivity index is 2.23. The van der Waals surface area contributed by atoms with Gasteiger partial charge in [-0.15, -0.1) is 0 Å². The number of hydrogen-bond acceptors (Lipinski definition) is 6. The highest BCUT2D eigenvalue weighted by molar-refractivity contribution is 9.10. The maximum Gasteiger partial charge on any atom is 0.205 e. The monoisotopic (exact) mass is 429 g/mol. The Labute approximate surface area is 166 Å². The highest BCUT2D eigenvalue weighted by Crippen LogP contribution is 2.46. The molecule has 0 aromatic heterocycles. The van der Waals surface area contributed by atoms with Crippen LogP contribution >= 0.6 is 15.9 Å². The summed E-state index contributed by atoms with van der Waals surface area (Å²) in [6.45, 7) is 0. The summed E-state index contributed by atoms with van der Waals surface area (Å²) in [5.41, 5.74) is 9.13. The number of allylic oxidation sites excluding steroid dienone is 1. The largest absolute Gasteiger partial charge is 0.493 e. The van der Waals surface area contributed by atoms with Gasteiger partial charge in [0.15, 0.2) is 11.5 Å². The quantitative estimate of drug-likeness (QED) is 0.796. The van der Waals surface area contributed by atoms with Crippen molar-refractivity contribution in [2.75, 3.05) is 33.2 Å². The number of anilines is 1. The maximum absolute atomic E-state index is 9.71. The third-order valence-corrected chi connectivity index (χ3v) is 5.10. The Kier molecular flexibility index (Phi) is 5.19. The lowest BCUT2D eigenvalue weighted by Gasteiger charge is -2.28. The third kappa shape index (κ3) is 3.28. The van der Waals surface area contributed by atoms with Gasteiger partial charge >= 0.3 is 0 Å². The molecular weight excluding hydrogens is 410 g/mol. The second kappa shape index (κ2) is 7.41. The molecule has 3 rings (SSSR count). The first-order chi connectivity index (χ1) is 12.9. The topological polar surface area (TPSA) is 80.7 Å². The van der Waals surface area contributed by atoms with Crippen molar-refractivity contribution in [3.63, 3.8) is 0 Å². The summed E-state index contributed by atoms with van der Waals surface area (Å²) in [4.78, 5) is 1.98. The molecule has 0 saturated carbocycles. The molecule has 0 saturated heterocycles. The highest BCUT2D eigenvalue weighted by Gasteiger charge is 2.32. The number of hydrogen-bond donors (Lipinski definition) is 1. The fraction of sp³-hybridized carbons (Fsp3) is 0.250. The van der Waals surface area contributed by atoms with E-state index in [0.717, 1.165) is 21.3 Å². The van der Waals surface area contributed by atoms with Crippen molar-refractivity contribution < 1.29 is 14.2 Å². The summed E-state index contributed by atoms with van der Waals surface area (Å²) < 4.78 is 17.3. The van der Waals surface area contributed by atoms with Crippen LogP contribution in [0.3, 0.4) is 0 Å². The van der Waals surface area contributed by atoms with Gasteiger partial charge in [-0.1, -0.05) is 6.07 Å². The Morgan fingerprint density at radius 1 is 1.19 bits per heavy atom. The van der Waals surface area contributed by atoms with E-state index in [-0.39, 0.29) is 11.8 Å². The Morgan fingerprint density at radius 2 is 1.93 bits per heavy atom. The van der Waals surface area contributed by atoms with Crippen LogP contribution in [0.4, 0.5) is 5.69 Å². The number of nitriles is 1. The lowest BCUT2D eigenvalue weighted by atomic mass is 9.83. The second-order valence-corrected chi connectivity index (χ2v) is 7.13. The second-order valence-electron chi connectivity index (χ2n) is 6.28. The minimum Gasteiger partial charge on any atom is -0.493 e. The molecule has 7 heteroatoms. The molecule has 0 amide bonds. The average molecular weight is 430 g/mol. The first-order valence-electron chi connectivity index (χ1n) is 8.21. The van der Waals surface area contributed by atoms with Crippen molar-refractivity contribution >= 4 is 21.6 Å². The molecule has 2 N–H and O–H groups in total. The van der Waals surface area contributed by atoms with Crippen molar-refractivity contribution in [1.82, 2.24) is 0 Å². The number of methoxy groups -OCH3 is 2. The smallest absolute Gasteiger partial charge is 0.205 e. The van der Waals surface area contributed by atoms with Crippen molar-refractivity contribution in [1.29, 1.82) is 5.26 Å². The molecule has 2 aromatic carbocycles. The number of fused-ring (bicyclic) bond motifs is 1. The van der Waals surface area contributed by atoms with Crippen molar-refractivity contribution in [3.8, 4) is 23.3 Å². The van der Waals surface area contributed by atoms with Crippen LogP contribution in [-0.2, 0) is 0 Å². The molecular formula is C20H20BrN3O3. The lowest BCUT2D eigenvalue weighted by molar-refractivity contribution is 0.352. The van der Waals surface area contributed by atoms with Gasteiger partial charge in [0.05, 0.1) is 24.6 Å². The van der Waals surface area contributed by atoms with Crippen molar-refractivity contribution in [2.45, 2.75) is 5.92 Å². The molecule has 0 aliphatic carbocycles. The van der Waals surface area contributed by atoms with Crippen LogP contribution in [0.1, 0.15) is 17.0 Å². The molecule has 140 valence electrons. The molecule has 6 nitrogen and oxygen atoms in total. The number of ether oxygens (including phenoxy) is 3. The predicted molar refractivity (Wildman–Crippen MR) is 107 cm³/mol. The summed E-state index contributed by atoms with van der Waals surface area (Å²) >= 11 is 3.52. The fourth-order valence-corrected chi connectivity index (χ4v) is 3.79. The van der Waals surface area contributed by atoms with E-state index in [0.29, 0.717) is 22.8 Å². The van der Waals surface area contributed by atoms with Crippen LogP contribution in [0, 0.1) is 11.3 Å². The number of nitrogens with two attached hydrogens (primary N) is 1. The van der Waals surface area contributed by atoms with Gasteiger partial charge in [-0.05, 0) is 39.7 Å². The van der Waals surface area contributed by atoms with Crippen LogP contribution in [-0.4, -0.2) is 28.3 Å². The highest BCUT2D eigenvalue weighted by atomic mass is 79.9. The normalized spacial score (nSPS) is 15.5. The van der Waals surface area contributed by atoms with Gasteiger partial charge in [-0.3, -0.25) is 0 Å². The lowest BCUT2D eigenvalue weighted by Crippen LogP contribution is -2.21. The molecule has 2 aromatic rings. The van der Waals surface area contributed by atoms with E-state index < -0.39 is 0 Å². The molecule has 0 radical (unpaired) electrons. The Bertz CT molecular complexity index is 964. The summed E-state index contributed by atoms with van der Waals surface area (Å²) in [5, 5.41) is 9.71. The molecule has 0 bridgehead atoms. The van der Waals surface area contributed by atoms with Gasteiger partial charge in [-0.25, -0.2) is 0 Å². The molecule has 1 aliphatic rings. The third-order valence-electron chi connectivity index (χ3n) is 4.51. The predicted octanol–water partition coefficient (Wildman–Crippen LogP) is 3.75. The fourth-order valence-electron chi connectivity index (χ4n) is 3.17. The average Bonchev–Trinajstić information content (AvgIpc) is 2.65. The van der Waals surface area contributed by atoms with Crippen LogP contribution in [0.5, 0.6) is 17.2 Å². The van der Waals surface area contributed by atoms with E-state index >= 15 is 0 Å². The zero-order valence-corrected chi connectivity index (χ0v) is 17.1. The number of benzene rings is 2. The first kappa shape index (κ1) is 18.9. The summed E-state index contributed by atoms with van der Waals surface area (Å²) in [7, 11) is 7.05. The van der Waals surface area contributed by atoms with Crippen LogP contribution < -0.4 is 24.8 Å². The van der Waals surface area contributed by atoms with Crippen LogP contribution in [0.25, 0.3) is 0 Å². The first-order valence-corrected chi connectivity index (χ1v) is 9.00. The molecule has 1 atom stereocenters. The number of halogens is 1. The van der Waals surface area contributed by atoms with Gasteiger partial charge in [0, 0.05) is 31.4 Å². The SMILES string of the molecule is COc1cc([C@H]2C(C#N)=C(N)Oc3cc(N(C)C)ccc32)cc(Br)c1OC. The molecule has 27 heavy (non-hydrogen) atoms. The summed E-state index contributed by atoms with van der Waals surface area (Å²) in [5.74, 6) is 1.53. The number of rotatable bonds is 4. The van der Waals surface area contributed by atoms with Gasteiger partial charge in [0.2, 0.25) is 5.88 Å².